The lowest BCUT2D eigenvalue weighted by molar-refractivity contribution is -0.122. The zero-order valence-electron chi connectivity index (χ0n) is 14.3. The number of pyridine rings is 1. The number of amides is 4. The van der Waals surface area contributed by atoms with Gasteiger partial charge in [-0.05, 0) is 53.8 Å². The monoisotopic (exact) mass is 372 g/mol. The Balaban J connectivity index is 1.65. The molecule has 8 heteroatoms. The smallest absolute Gasteiger partial charge is 0.322 e. The molecular formula is C18H20N4O3S. The number of aryl methyl sites for hydroxylation is 1. The summed E-state index contributed by atoms with van der Waals surface area (Å²) >= 11 is 1.61. The van der Waals surface area contributed by atoms with Gasteiger partial charge < -0.3 is 10.6 Å². The van der Waals surface area contributed by atoms with E-state index < -0.39 is 18.0 Å². The third-order valence-electron chi connectivity index (χ3n) is 4.25. The van der Waals surface area contributed by atoms with E-state index in [1.807, 2.05) is 30.5 Å². The minimum Gasteiger partial charge on any atom is -0.347 e. The van der Waals surface area contributed by atoms with Crippen LogP contribution in [0.1, 0.15) is 35.7 Å². The second-order valence-electron chi connectivity index (χ2n) is 6.22. The number of imide groups is 1. The van der Waals surface area contributed by atoms with Gasteiger partial charge in [-0.1, -0.05) is 6.07 Å². The molecule has 2 atom stereocenters. The lowest BCUT2D eigenvalue weighted by Gasteiger charge is -2.20. The quantitative estimate of drug-likeness (QED) is 0.646. The molecule has 0 aliphatic carbocycles. The van der Waals surface area contributed by atoms with Crippen LogP contribution in [-0.4, -0.2) is 28.9 Å². The summed E-state index contributed by atoms with van der Waals surface area (Å²) in [5.41, 5.74) is 2.97. The van der Waals surface area contributed by atoms with Gasteiger partial charge >= 0.3 is 6.03 Å². The molecule has 1 fully saturated rings. The van der Waals surface area contributed by atoms with Crippen molar-refractivity contribution in [3.05, 3.63) is 52.0 Å². The van der Waals surface area contributed by atoms with Crippen LogP contribution in [0.4, 0.5) is 4.79 Å². The van der Waals surface area contributed by atoms with E-state index in [0.717, 1.165) is 16.8 Å². The first kappa shape index (κ1) is 18.1. The summed E-state index contributed by atoms with van der Waals surface area (Å²) in [5.74, 6) is -0.567. The Kier molecular flexibility index (Phi) is 5.62. The van der Waals surface area contributed by atoms with Crippen molar-refractivity contribution in [1.29, 1.82) is 0 Å². The first-order valence-electron chi connectivity index (χ1n) is 8.36. The van der Waals surface area contributed by atoms with Crippen LogP contribution in [0.15, 0.2) is 35.2 Å². The summed E-state index contributed by atoms with van der Waals surface area (Å²) in [6.07, 6.45) is 2.77. The number of carbonyl (C=O) groups is 3. The Morgan fingerprint density at radius 2 is 2.23 bits per heavy atom. The Morgan fingerprint density at radius 1 is 1.38 bits per heavy atom. The molecule has 136 valence electrons. The Morgan fingerprint density at radius 3 is 2.88 bits per heavy atom. The number of hydrogen-bond donors (Lipinski definition) is 3. The molecular weight excluding hydrogens is 352 g/mol. The van der Waals surface area contributed by atoms with Crippen LogP contribution in [0.3, 0.4) is 0 Å². The van der Waals surface area contributed by atoms with Crippen molar-refractivity contribution in [3.8, 4) is 0 Å². The van der Waals surface area contributed by atoms with E-state index in [2.05, 4.69) is 26.3 Å². The van der Waals surface area contributed by atoms with Crippen LogP contribution in [0.25, 0.3) is 0 Å². The lowest BCUT2D eigenvalue weighted by atomic mass is 10.0. The standard InChI is InChI=1S/C18H20N4O3S/c1-11-3-2-7-19-16(11)14(9-12-6-8-26-10-12)20-15(23)5-4-13-17(24)22-18(25)21-13/h2-3,6-8,10,13-14H,4-5,9H2,1H3,(H,20,23)(H2,21,22,24,25)/t13-,14-/m1/s1. The van der Waals surface area contributed by atoms with Crippen LogP contribution in [0.5, 0.6) is 0 Å². The number of rotatable bonds is 7. The van der Waals surface area contributed by atoms with Crippen molar-refractivity contribution in [2.75, 3.05) is 0 Å². The predicted molar refractivity (Wildman–Crippen MR) is 97.6 cm³/mol. The molecule has 0 bridgehead atoms. The minimum atomic E-state index is -0.653. The molecule has 1 saturated heterocycles. The summed E-state index contributed by atoms with van der Waals surface area (Å²) in [6.45, 7) is 1.97. The number of nitrogens with one attached hydrogen (secondary N) is 3. The highest BCUT2D eigenvalue weighted by atomic mass is 32.1. The number of thiophene rings is 1. The Labute approximate surface area is 155 Å². The van der Waals surface area contributed by atoms with Gasteiger partial charge in [-0.25, -0.2) is 4.79 Å². The van der Waals surface area contributed by atoms with Crippen molar-refractivity contribution in [2.45, 2.75) is 38.3 Å². The highest BCUT2D eigenvalue weighted by molar-refractivity contribution is 7.07. The van der Waals surface area contributed by atoms with Crippen LogP contribution in [0.2, 0.25) is 0 Å². The Bertz CT molecular complexity index is 807. The van der Waals surface area contributed by atoms with E-state index in [1.54, 1.807) is 17.5 Å². The van der Waals surface area contributed by atoms with Gasteiger partial charge in [-0.3, -0.25) is 19.9 Å². The van der Waals surface area contributed by atoms with Gasteiger partial charge in [0.2, 0.25) is 5.91 Å². The molecule has 1 aliphatic heterocycles. The molecule has 3 rings (SSSR count). The molecule has 2 aromatic heterocycles. The van der Waals surface area contributed by atoms with Gasteiger partial charge in [0.1, 0.15) is 6.04 Å². The molecule has 7 nitrogen and oxygen atoms in total. The predicted octanol–water partition coefficient (Wildman–Crippen LogP) is 1.84. The minimum absolute atomic E-state index is 0.143. The first-order valence-corrected chi connectivity index (χ1v) is 9.30. The molecule has 4 amide bonds. The van der Waals surface area contributed by atoms with Crippen LogP contribution >= 0.6 is 11.3 Å². The van der Waals surface area contributed by atoms with Crippen LogP contribution in [0, 0.1) is 6.92 Å². The highest BCUT2D eigenvalue weighted by Gasteiger charge is 2.30. The van der Waals surface area contributed by atoms with Gasteiger partial charge in [0.15, 0.2) is 0 Å². The fourth-order valence-electron chi connectivity index (χ4n) is 2.93. The van der Waals surface area contributed by atoms with Crippen molar-refractivity contribution >= 4 is 29.2 Å². The SMILES string of the molecule is Cc1cccnc1[C@@H](Cc1ccsc1)NC(=O)CC[C@H]1NC(=O)NC1=O. The molecule has 1 aliphatic rings. The zero-order valence-corrected chi connectivity index (χ0v) is 15.1. The number of nitrogens with zero attached hydrogens (tertiary/aromatic N) is 1. The summed E-state index contributed by atoms with van der Waals surface area (Å²) < 4.78 is 0. The van der Waals surface area contributed by atoms with E-state index in [1.165, 1.54) is 0 Å². The van der Waals surface area contributed by atoms with Gasteiger partial charge in [0.05, 0.1) is 11.7 Å². The molecule has 0 spiro atoms. The fraction of sp³-hybridized carbons (Fsp3) is 0.333. The number of carbonyl (C=O) groups excluding carboxylic acids is 3. The number of urea groups is 1. The zero-order chi connectivity index (χ0) is 18.5. The molecule has 2 aromatic rings. The van der Waals surface area contributed by atoms with Crippen LogP contribution < -0.4 is 16.0 Å². The molecule has 0 unspecified atom stereocenters. The molecule has 0 saturated carbocycles. The lowest BCUT2D eigenvalue weighted by Crippen LogP contribution is -2.34. The number of aromatic nitrogens is 1. The van der Waals surface area contributed by atoms with E-state index in [-0.39, 0.29) is 24.8 Å². The summed E-state index contributed by atoms with van der Waals surface area (Å²) in [6, 6.07) is 4.45. The maximum Gasteiger partial charge on any atom is 0.322 e. The third kappa shape index (κ3) is 4.45. The van der Waals surface area contributed by atoms with Crippen molar-refractivity contribution in [1.82, 2.24) is 20.9 Å². The van der Waals surface area contributed by atoms with Crippen molar-refractivity contribution in [2.24, 2.45) is 0 Å². The van der Waals surface area contributed by atoms with Crippen LogP contribution in [-0.2, 0) is 16.0 Å². The normalized spacial score (nSPS) is 17.5. The van der Waals surface area contributed by atoms with Gasteiger partial charge in [0, 0.05) is 12.6 Å². The second-order valence-corrected chi connectivity index (χ2v) is 7.00. The highest BCUT2D eigenvalue weighted by Crippen LogP contribution is 2.21. The molecule has 26 heavy (non-hydrogen) atoms. The largest absolute Gasteiger partial charge is 0.347 e. The van der Waals surface area contributed by atoms with Gasteiger partial charge in [-0.2, -0.15) is 11.3 Å². The number of hydrogen-bond acceptors (Lipinski definition) is 5. The molecule has 3 N–H and O–H groups in total. The van der Waals surface area contributed by atoms with E-state index in [9.17, 15) is 14.4 Å². The molecule has 0 aromatic carbocycles. The average molecular weight is 372 g/mol. The van der Waals surface area contributed by atoms with Crippen molar-refractivity contribution in [3.63, 3.8) is 0 Å². The van der Waals surface area contributed by atoms with E-state index in [0.29, 0.717) is 6.42 Å². The second kappa shape index (κ2) is 8.09. The Hall–Kier alpha value is -2.74. The summed E-state index contributed by atoms with van der Waals surface area (Å²) in [5, 5.41) is 11.7. The first-order chi connectivity index (χ1) is 12.5. The third-order valence-corrected chi connectivity index (χ3v) is 4.99. The average Bonchev–Trinajstić information content (AvgIpc) is 3.22. The maximum absolute atomic E-state index is 12.4. The molecule has 0 radical (unpaired) electrons. The van der Waals surface area contributed by atoms with Gasteiger partial charge in [-0.15, -0.1) is 0 Å². The van der Waals surface area contributed by atoms with Crippen molar-refractivity contribution < 1.29 is 14.4 Å². The maximum atomic E-state index is 12.4. The van der Waals surface area contributed by atoms with E-state index >= 15 is 0 Å². The van der Waals surface area contributed by atoms with E-state index in [4.69, 9.17) is 0 Å². The summed E-state index contributed by atoms with van der Waals surface area (Å²) in [7, 11) is 0. The fourth-order valence-corrected chi connectivity index (χ4v) is 3.61. The summed E-state index contributed by atoms with van der Waals surface area (Å²) in [4.78, 5) is 39.6. The topological polar surface area (TPSA) is 100 Å². The molecule has 3 heterocycles. The van der Waals surface area contributed by atoms with Gasteiger partial charge in [0.25, 0.3) is 5.91 Å².